The molecule has 0 amide bonds. The van der Waals surface area contributed by atoms with Crippen LogP contribution in [0.2, 0.25) is 0 Å². The largest absolute Gasteiger partial charge is 0.465 e. The molecular formula is C15H28N2O2. The van der Waals surface area contributed by atoms with Crippen LogP contribution in [0.3, 0.4) is 0 Å². The standard InChI is InChI=1S/C15H28N2O2/c1-3-7-14(15(18)19-4-2)17-11-6-9-13(17)12-8-5-10-16-12/h12-14,16H,3-11H2,1-2H3. The van der Waals surface area contributed by atoms with Gasteiger partial charge in [0.25, 0.3) is 0 Å². The summed E-state index contributed by atoms with van der Waals surface area (Å²) >= 11 is 0. The number of hydrogen-bond donors (Lipinski definition) is 1. The minimum Gasteiger partial charge on any atom is -0.465 e. The molecule has 2 aliphatic heterocycles. The van der Waals surface area contributed by atoms with Gasteiger partial charge >= 0.3 is 5.97 Å². The van der Waals surface area contributed by atoms with Gasteiger partial charge in [-0.1, -0.05) is 13.3 Å². The van der Waals surface area contributed by atoms with Gasteiger partial charge in [0, 0.05) is 12.1 Å². The second-order valence-corrected chi connectivity index (χ2v) is 5.71. The first-order valence-electron chi connectivity index (χ1n) is 7.93. The zero-order chi connectivity index (χ0) is 13.7. The van der Waals surface area contributed by atoms with Gasteiger partial charge in [-0.05, 0) is 52.1 Å². The Balaban J connectivity index is 2.03. The molecule has 3 atom stereocenters. The van der Waals surface area contributed by atoms with E-state index in [0.29, 0.717) is 18.7 Å². The van der Waals surface area contributed by atoms with Crippen LogP contribution in [0, 0.1) is 0 Å². The van der Waals surface area contributed by atoms with Gasteiger partial charge < -0.3 is 10.1 Å². The Kier molecular flexibility index (Phi) is 5.64. The summed E-state index contributed by atoms with van der Waals surface area (Å²) in [5, 5.41) is 3.60. The van der Waals surface area contributed by atoms with Crippen molar-refractivity contribution < 1.29 is 9.53 Å². The normalized spacial score (nSPS) is 29.6. The van der Waals surface area contributed by atoms with Gasteiger partial charge in [0.05, 0.1) is 6.61 Å². The van der Waals surface area contributed by atoms with Crippen molar-refractivity contribution in [1.29, 1.82) is 0 Å². The summed E-state index contributed by atoms with van der Waals surface area (Å²) in [5.74, 6) is -0.0192. The lowest BCUT2D eigenvalue weighted by Crippen LogP contribution is -2.51. The molecule has 1 N–H and O–H groups in total. The van der Waals surface area contributed by atoms with E-state index < -0.39 is 0 Å². The SMILES string of the molecule is CCCC(C(=O)OCC)N1CCCC1C1CCCN1. The Bertz CT molecular complexity index is 290. The lowest BCUT2D eigenvalue weighted by atomic mass is 10.0. The fourth-order valence-electron chi connectivity index (χ4n) is 3.60. The maximum absolute atomic E-state index is 12.2. The quantitative estimate of drug-likeness (QED) is 0.748. The number of esters is 1. The predicted octanol–water partition coefficient (Wildman–Crippen LogP) is 1.93. The maximum atomic E-state index is 12.2. The van der Waals surface area contributed by atoms with Crippen LogP contribution >= 0.6 is 0 Å². The molecule has 0 spiro atoms. The van der Waals surface area contributed by atoms with Crippen molar-refractivity contribution in [2.45, 2.75) is 70.5 Å². The summed E-state index contributed by atoms with van der Waals surface area (Å²) in [6.45, 7) is 6.70. The average molecular weight is 268 g/mol. The van der Waals surface area contributed by atoms with Crippen molar-refractivity contribution in [3.05, 3.63) is 0 Å². The van der Waals surface area contributed by atoms with Crippen molar-refractivity contribution in [3.63, 3.8) is 0 Å². The van der Waals surface area contributed by atoms with E-state index in [4.69, 9.17) is 4.74 Å². The van der Waals surface area contributed by atoms with Crippen LogP contribution in [0.15, 0.2) is 0 Å². The molecule has 4 heteroatoms. The molecule has 2 fully saturated rings. The number of nitrogens with zero attached hydrogens (tertiary/aromatic N) is 1. The number of rotatable bonds is 6. The molecule has 2 aliphatic rings. The fourth-order valence-corrected chi connectivity index (χ4v) is 3.60. The summed E-state index contributed by atoms with van der Waals surface area (Å²) in [4.78, 5) is 14.6. The van der Waals surface area contributed by atoms with Crippen molar-refractivity contribution in [1.82, 2.24) is 10.2 Å². The number of carbonyl (C=O) groups is 1. The molecule has 19 heavy (non-hydrogen) atoms. The first-order valence-corrected chi connectivity index (χ1v) is 7.93. The molecule has 0 aliphatic carbocycles. The van der Waals surface area contributed by atoms with E-state index in [9.17, 15) is 4.79 Å². The lowest BCUT2D eigenvalue weighted by Gasteiger charge is -2.34. The Labute approximate surface area is 116 Å². The van der Waals surface area contributed by atoms with E-state index in [1.807, 2.05) is 6.92 Å². The predicted molar refractivity (Wildman–Crippen MR) is 76.1 cm³/mol. The molecule has 0 radical (unpaired) electrons. The summed E-state index contributed by atoms with van der Waals surface area (Å²) in [7, 11) is 0. The van der Waals surface area contributed by atoms with Gasteiger partial charge in [0.15, 0.2) is 0 Å². The first-order chi connectivity index (χ1) is 9.27. The van der Waals surface area contributed by atoms with Gasteiger partial charge in [0.2, 0.25) is 0 Å². The third-order valence-corrected chi connectivity index (χ3v) is 4.43. The highest BCUT2D eigenvalue weighted by molar-refractivity contribution is 5.75. The summed E-state index contributed by atoms with van der Waals surface area (Å²) in [5.41, 5.74) is 0. The Morgan fingerprint density at radius 3 is 2.84 bits per heavy atom. The number of likely N-dealkylation sites (tertiary alicyclic amines) is 1. The van der Waals surface area contributed by atoms with Crippen LogP contribution in [0.25, 0.3) is 0 Å². The van der Waals surface area contributed by atoms with Crippen LogP contribution in [0.4, 0.5) is 0 Å². The second kappa shape index (κ2) is 7.25. The molecular weight excluding hydrogens is 240 g/mol. The van der Waals surface area contributed by atoms with Gasteiger partial charge in [-0.3, -0.25) is 9.69 Å². The highest BCUT2D eigenvalue weighted by atomic mass is 16.5. The van der Waals surface area contributed by atoms with E-state index in [1.54, 1.807) is 0 Å². The number of hydrogen-bond acceptors (Lipinski definition) is 4. The molecule has 0 saturated carbocycles. The summed E-state index contributed by atoms with van der Waals surface area (Å²) < 4.78 is 5.28. The second-order valence-electron chi connectivity index (χ2n) is 5.71. The monoisotopic (exact) mass is 268 g/mol. The topological polar surface area (TPSA) is 41.6 Å². The minimum absolute atomic E-state index is 0.0192. The maximum Gasteiger partial charge on any atom is 0.323 e. The van der Waals surface area contributed by atoms with E-state index in [0.717, 1.165) is 25.9 Å². The van der Waals surface area contributed by atoms with Crippen LogP contribution in [-0.4, -0.2) is 48.7 Å². The van der Waals surface area contributed by atoms with Gasteiger partial charge in [-0.15, -0.1) is 0 Å². The molecule has 0 aromatic rings. The Hall–Kier alpha value is -0.610. The molecule has 4 nitrogen and oxygen atoms in total. The number of ether oxygens (including phenoxy) is 1. The first kappa shape index (κ1) is 14.8. The smallest absolute Gasteiger partial charge is 0.323 e. The van der Waals surface area contributed by atoms with Gasteiger partial charge in [-0.2, -0.15) is 0 Å². The molecule has 2 saturated heterocycles. The zero-order valence-electron chi connectivity index (χ0n) is 12.4. The molecule has 110 valence electrons. The van der Waals surface area contributed by atoms with E-state index >= 15 is 0 Å². The average Bonchev–Trinajstić information content (AvgIpc) is 3.06. The van der Waals surface area contributed by atoms with Crippen LogP contribution < -0.4 is 5.32 Å². The molecule has 0 bridgehead atoms. The number of nitrogens with one attached hydrogen (secondary N) is 1. The molecule has 2 heterocycles. The fraction of sp³-hybridized carbons (Fsp3) is 0.933. The minimum atomic E-state index is -0.0279. The number of carbonyl (C=O) groups excluding carboxylic acids is 1. The van der Waals surface area contributed by atoms with Crippen LogP contribution in [0.1, 0.15) is 52.4 Å². The van der Waals surface area contributed by atoms with Crippen molar-refractivity contribution in [2.24, 2.45) is 0 Å². The lowest BCUT2D eigenvalue weighted by molar-refractivity contribution is -0.150. The molecule has 3 unspecified atom stereocenters. The zero-order valence-corrected chi connectivity index (χ0v) is 12.4. The van der Waals surface area contributed by atoms with E-state index in [-0.39, 0.29) is 12.0 Å². The Morgan fingerprint density at radius 1 is 1.37 bits per heavy atom. The molecule has 0 aromatic carbocycles. The van der Waals surface area contributed by atoms with Gasteiger partial charge in [-0.25, -0.2) is 0 Å². The third kappa shape index (κ3) is 3.48. The van der Waals surface area contributed by atoms with Crippen LogP contribution in [0.5, 0.6) is 0 Å². The van der Waals surface area contributed by atoms with Crippen molar-refractivity contribution >= 4 is 5.97 Å². The third-order valence-electron chi connectivity index (χ3n) is 4.43. The Morgan fingerprint density at radius 2 is 2.21 bits per heavy atom. The van der Waals surface area contributed by atoms with E-state index in [1.165, 1.54) is 25.7 Å². The van der Waals surface area contributed by atoms with Crippen molar-refractivity contribution in [3.8, 4) is 0 Å². The molecule has 0 aromatic heterocycles. The highest BCUT2D eigenvalue weighted by Gasteiger charge is 2.39. The van der Waals surface area contributed by atoms with Gasteiger partial charge in [0.1, 0.15) is 6.04 Å². The summed E-state index contributed by atoms with van der Waals surface area (Å²) in [6.07, 6.45) is 6.91. The molecule has 2 rings (SSSR count). The highest BCUT2D eigenvalue weighted by Crippen LogP contribution is 2.28. The van der Waals surface area contributed by atoms with Crippen molar-refractivity contribution in [2.75, 3.05) is 19.7 Å². The van der Waals surface area contributed by atoms with E-state index in [2.05, 4.69) is 17.1 Å². The van der Waals surface area contributed by atoms with Crippen LogP contribution in [-0.2, 0) is 9.53 Å². The summed E-state index contributed by atoms with van der Waals surface area (Å²) in [6, 6.07) is 1.08.